The molecule has 1 aromatic carbocycles. The van der Waals surface area contributed by atoms with Crippen LogP contribution in [-0.4, -0.2) is 36.0 Å². The van der Waals surface area contributed by atoms with Crippen molar-refractivity contribution in [2.75, 3.05) is 26.2 Å². The molecular weight excluding hydrogens is 354 g/mol. The van der Waals surface area contributed by atoms with E-state index in [0.717, 1.165) is 25.4 Å². The van der Waals surface area contributed by atoms with Crippen LogP contribution in [0, 0.1) is 16.0 Å². The van der Waals surface area contributed by atoms with Gasteiger partial charge in [0.15, 0.2) is 0 Å². The first-order valence-electron chi connectivity index (χ1n) is 9.03. The highest BCUT2D eigenvalue weighted by Gasteiger charge is 2.20. The Morgan fingerprint density at radius 1 is 1.38 bits per heavy atom. The minimum Gasteiger partial charge on any atom is -0.459 e. The normalized spacial score (nSPS) is 18.2. The van der Waals surface area contributed by atoms with Gasteiger partial charge in [0.05, 0.1) is 17.0 Å². The van der Waals surface area contributed by atoms with Crippen LogP contribution in [0.5, 0.6) is 0 Å². The summed E-state index contributed by atoms with van der Waals surface area (Å²) in [6, 6.07) is 8.23. The summed E-state index contributed by atoms with van der Waals surface area (Å²) in [5.41, 5.74) is 0.393. The Bertz CT molecular complexity index is 762. The monoisotopic (exact) mass is 377 g/mol. The lowest BCUT2D eigenvalue weighted by Gasteiger charge is -2.31. The first kappa shape index (κ1) is 18.9. The van der Waals surface area contributed by atoms with E-state index < -0.39 is 4.92 Å². The minimum atomic E-state index is -0.440. The van der Waals surface area contributed by atoms with Crippen LogP contribution in [0.15, 0.2) is 34.7 Å². The lowest BCUT2D eigenvalue weighted by Crippen LogP contribution is -2.39. The largest absolute Gasteiger partial charge is 0.459 e. The van der Waals surface area contributed by atoms with Crippen LogP contribution in [0.4, 0.5) is 5.69 Å². The van der Waals surface area contributed by atoms with Crippen molar-refractivity contribution in [3.8, 4) is 11.3 Å². The summed E-state index contributed by atoms with van der Waals surface area (Å²) in [7, 11) is 0. The van der Waals surface area contributed by atoms with Crippen LogP contribution in [0.3, 0.4) is 0 Å². The van der Waals surface area contributed by atoms with Crippen molar-refractivity contribution in [1.82, 2.24) is 10.2 Å². The van der Waals surface area contributed by atoms with Gasteiger partial charge in [-0.25, -0.2) is 0 Å². The summed E-state index contributed by atoms with van der Waals surface area (Å²) in [6.07, 6.45) is 2.51. The number of piperidine rings is 1. The van der Waals surface area contributed by atoms with Crippen molar-refractivity contribution in [1.29, 1.82) is 0 Å². The highest BCUT2D eigenvalue weighted by molar-refractivity contribution is 6.30. The number of halogens is 1. The second-order valence-electron chi connectivity index (χ2n) is 6.72. The van der Waals surface area contributed by atoms with Gasteiger partial charge in [-0.05, 0) is 62.7 Å². The molecule has 26 heavy (non-hydrogen) atoms. The van der Waals surface area contributed by atoms with Crippen LogP contribution in [0.25, 0.3) is 11.3 Å². The molecule has 0 amide bonds. The number of nitro benzene ring substituents is 1. The molecule has 0 saturated carbocycles. The molecule has 1 saturated heterocycles. The number of hydrogen-bond donors (Lipinski definition) is 1. The number of nitrogens with zero attached hydrogens (tertiary/aromatic N) is 2. The summed E-state index contributed by atoms with van der Waals surface area (Å²) in [5, 5.41) is 15.0. The van der Waals surface area contributed by atoms with Gasteiger partial charge in [-0.1, -0.05) is 18.5 Å². The lowest BCUT2D eigenvalue weighted by molar-refractivity contribution is -0.384. The Hall–Kier alpha value is -1.89. The van der Waals surface area contributed by atoms with E-state index in [1.165, 1.54) is 25.5 Å². The predicted molar refractivity (Wildman–Crippen MR) is 102 cm³/mol. The molecule has 0 bridgehead atoms. The molecule has 140 valence electrons. The van der Waals surface area contributed by atoms with Crippen molar-refractivity contribution in [2.24, 2.45) is 5.92 Å². The summed E-state index contributed by atoms with van der Waals surface area (Å²) in [5.74, 6) is 1.92. The number of hydrogen-bond acceptors (Lipinski definition) is 5. The molecule has 1 aromatic heterocycles. The third-order valence-electron chi connectivity index (χ3n) is 4.87. The molecule has 1 N–H and O–H groups in total. The molecule has 0 spiro atoms. The van der Waals surface area contributed by atoms with Crippen molar-refractivity contribution < 1.29 is 9.34 Å². The molecule has 2 heterocycles. The molecule has 1 atom stereocenters. The summed E-state index contributed by atoms with van der Waals surface area (Å²) in [6.45, 7) is 7.23. The van der Waals surface area contributed by atoms with E-state index in [2.05, 4.69) is 17.1 Å². The topological polar surface area (TPSA) is 71.5 Å². The maximum Gasteiger partial charge on any atom is 0.281 e. The molecule has 3 rings (SSSR count). The van der Waals surface area contributed by atoms with Gasteiger partial charge in [0.1, 0.15) is 11.5 Å². The number of benzene rings is 1. The zero-order chi connectivity index (χ0) is 18.5. The Balaban J connectivity index is 1.59. The number of likely N-dealkylation sites (tertiary alicyclic amines) is 1. The fourth-order valence-electron chi connectivity index (χ4n) is 3.49. The average molecular weight is 378 g/mol. The molecule has 1 aliphatic rings. The number of nitro groups is 1. The quantitative estimate of drug-likeness (QED) is 0.574. The maximum absolute atomic E-state index is 11.2. The second kappa shape index (κ2) is 8.66. The third-order valence-corrected chi connectivity index (χ3v) is 5.10. The fraction of sp³-hybridized carbons (Fsp3) is 0.474. The number of rotatable bonds is 7. The SMILES string of the molecule is CCN1CCCC(CNCc2ccc(-c3ccc(Cl)cc3[N+](=O)[O-])o2)C1. The standard InChI is InChI=1S/C19H24ClN3O3/c1-2-22-9-3-4-14(13-22)11-21-12-16-6-8-19(26-16)17-7-5-15(20)10-18(17)23(24)25/h5-8,10,14,21H,2-4,9,11-13H2,1H3. The van der Waals surface area contributed by atoms with Gasteiger partial charge in [0.2, 0.25) is 0 Å². The van der Waals surface area contributed by atoms with E-state index in [4.69, 9.17) is 16.0 Å². The molecule has 7 heteroatoms. The smallest absolute Gasteiger partial charge is 0.281 e. The van der Waals surface area contributed by atoms with Crippen LogP contribution < -0.4 is 5.32 Å². The van der Waals surface area contributed by atoms with E-state index in [9.17, 15) is 10.1 Å². The molecule has 1 fully saturated rings. The van der Waals surface area contributed by atoms with Gasteiger partial charge < -0.3 is 14.6 Å². The highest BCUT2D eigenvalue weighted by atomic mass is 35.5. The summed E-state index contributed by atoms with van der Waals surface area (Å²) >= 11 is 5.87. The Kier molecular flexibility index (Phi) is 6.29. The van der Waals surface area contributed by atoms with Gasteiger partial charge in [-0.3, -0.25) is 10.1 Å². The van der Waals surface area contributed by atoms with Gasteiger partial charge >= 0.3 is 0 Å². The molecule has 2 aromatic rings. The molecule has 0 radical (unpaired) electrons. The number of nitrogens with one attached hydrogen (secondary N) is 1. The predicted octanol–water partition coefficient (Wildman–Crippen LogP) is 4.33. The van der Waals surface area contributed by atoms with Gasteiger partial charge in [0.25, 0.3) is 5.69 Å². The van der Waals surface area contributed by atoms with Crippen molar-refractivity contribution >= 4 is 17.3 Å². The van der Waals surface area contributed by atoms with Gasteiger partial charge in [-0.2, -0.15) is 0 Å². The molecule has 6 nitrogen and oxygen atoms in total. The van der Waals surface area contributed by atoms with Gasteiger partial charge in [-0.15, -0.1) is 0 Å². The van der Waals surface area contributed by atoms with E-state index >= 15 is 0 Å². The van der Waals surface area contributed by atoms with Crippen LogP contribution in [0.2, 0.25) is 5.02 Å². The Morgan fingerprint density at radius 3 is 3.00 bits per heavy atom. The minimum absolute atomic E-state index is 0.0479. The van der Waals surface area contributed by atoms with Crippen LogP contribution in [-0.2, 0) is 6.54 Å². The Labute approximate surface area is 158 Å². The summed E-state index contributed by atoms with van der Waals surface area (Å²) < 4.78 is 5.81. The fourth-order valence-corrected chi connectivity index (χ4v) is 3.65. The molecule has 1 aliphatic heterocycles. The molecule has 1 unspecified atom stereocenters. The van der Waals surface area contributed by atoms with E-state index in [0.29, 0.717) is 28.8 Å². The summed E-state index contributed by atoms with van der Waals surface area (Å²) in [4.78, 5) is 13.3. The third kappa shape index (κ3) is 4.63. The zero-order valence-electron chi connectivity index (χ0n) is 14.9. The van der Waals surface area contributed by atoms with Crippen LogP contribution >= 0.6 is 11.6 Å². The van der Waals surface area contributed by atoms with Gasteiger partial charge in [0, 0.05) is 17.6 Å². The van der Waals surface area contributed by atoms with Crippen molar-refractivity contribution in [2.45, 2.75) is 26.3 Å². The zero-order valence-corrected chi connectivity index (χ0v) is 15.7. The first-order valence-corrected chi connectivity index (χ1v) is 9.40. The van der Waals surface area contributed by atoms with Crippen molar-refractivity contribution in [3.63, 3.8) is 0 Å². The van der Waals surface area contributed by atoms with E-state index in [1.54, 1.807) is 18.2 Å². The average Bonchev–Trinajstić information content (AvgIpc) is 3.10. The van der Waals surface area contributed by atoms with Crippen LogP contribution in [0.1, 0.15) is 25.5 Å². The van der Waals surface area contributed by atoms with E-state index in [-0.39, 0.29) is 5.69 Å². The molecule has 0 aliphatic carbocycles. The van der Waals surface area contributed by atoms with E-state index in [1.807, 2.05) is 6.07 Å². The highest BCUT2D eigenvalue weighted by Crippen LogP contribution is 2.33. The second-order valence-corrected chi connectivity index (χ2v) is 7.15. The van der Waals surface area contributed by atoms with Crippen molar-refractivity contribution in [3.05, 3.63) is 51.2 Å². The lowest BCUT2D eigenvalue weighted by atomic mass is 9.98. The first-order chi connectivity index (χ1) is 12.6. The number of furan rings is 1. The maximum atomic E-state index is 11.2. The Morgan fingerprint density at radius 2 is 2.23 bits per heavy atom. The molecular formula is C19H24ClN3O3.